The van der Waals surface area contributed by atoms with Gasteiger partial charge in [0.05, 0.1) is 6.61 Å². The third-order valence-corrected chi connectivity index (χ3v) is 4.19. The van der Waals surface area contributed by atoms with E-state index in [1.54, 1.807) is 23.1 Å². The molecule has 0 amide bonds. The van der Waals surface area contributed by atoms with E-state index in [4.69, 9.17) is 4.74 Å². The normalized spacial score (nSPS) is 11.6. The van der Waals surface area contributed by atoms with Crippen LogP contribution in [0.15, 0.2) is 39.9 Å². The molecule has 25 heavy (non-hydrogen) atoms. The number of hydrogen-bond acceptors (Lipinski definition) is 5. The zero-order valence-corrected chi connectivity index (χ0v) is 13.8. The Hall–Kier alpha value is -3.20. The van der Waals surface area contributed by atoms with Gasteiger partial charge in [0, 0.05) is 26.3 Å². The van der Waals surface area contributed by atoms with E-state index in [-0.39, 0.29) is 0 Å². The molecular weight excluding hydrogens is 324 g/mol. The predicted octanol–water partition coefficient (Wildman–Crippen LogP) is 0.384. The molecule has 9 heteroatoms. The molecule has 128 valence electrons. The Morgan fingerprint density at radius 3 is 2.64 bits per heavy atom. The van der Waals surface area contributed by atoms with Crippen molar-refractivity contribution in [3.63, 3.8) is 0 Å². The van der Waals surface area contributed by atoms with Crippen molar-refractivity contribution < 1.29 is 4.74 Å². The van der Waals surface area contributed by atoms with Crippen LogP contribution in [0.2, 0.25) is 0 Å². The zero-order valence-electron chi connectivity index (χ0n) is 13.8. The van der Waals surface area contributed by atoms with Crippen molar-refractivity contribution in [3.8, 4) is 11.4 Å². The van der Waals surface area contributed by atoms with E-state index in [0.717, 1.165) is 5.56 Å². The summed E-state index contributed by atoms with van der Waals surface area (Å²) >= 11 is 0. The van der Waals surface area contributed by atoms with Crippen LogP contribution >= 0.6 is 0 Å². The highest BCUT2D eigenvalue weighted by atomic mass is 16.5. The van der Waals surface area contributed by atoms with Crippen molar-refractivity contribution in [2.45, 2.75) is 6.54 Å². The number of fused-ring (bicyclic) bond motifs is 3. The van der Waals surface area contributed by atoms with E-state index in [9.17, 15) is 9.59 Å². The average molecular weight is 340 g/mol. The van der Waals surface area contributed by atoms with Crippen LogP contribution in [0.5, 0.6) is 0 Å². The predicted molar refractivity (Wildman–Crippen MR) is 91.7 cm³/mol. The van der Waals surface area contributed by atoms with Crippen molar-refractivity contribution in [2.75, 3.05) is 13.7 Å². The monoisotopic (exact) mass is 340 g/mol. The van der Waals surface area contributed by atoms with Gasteiger partial charge < -0.3 is 9.30 Å². The van der Waals surface area contributed by atoms with Gasteiger partial charge in [-0.3, -0.25) is 14.3 Å². The minimum Gasteiger partial charge on any atom is -0.383 e. The Morgan fingerprint density at radius 2 is 1.92 bits per heavy atom. The molecule has 0 aliphatic heterocycles. The fraction of sp³-hybridized carbons (Fsp3) is 0.250. The van der Waals surface area contributed by atoms with Crippen molar-refractivity contribution in [1.82, 2.24) is 28.7 Å². The van der Waals surface area contributed by atoms with Gasteiger partial charge in [-0.2, -0.15) is 0 Å². The molecule has 0 fully saturated rings. The van der Waals surface area contributed by atoms with Gasteiger partial charge in [-0.25, -0.2) is 9.20 Å². The number of hydrogen-bond donors (Lipinski definition) is 1. The summed E-state index contributed by atoms with van der Waals surface area (Å²) in [5, 5.41) is 8.52. The fourth-order valence-electron chi connectivity index (χ4n) is 3.01. The zero-order chi connectivity index (χ0) is 17.6. The van der Waals surface area contributed by atoms with E-state index in [2.05, 4.69) is 15.2 Å². The first-order chi connectivity index (χ1) is 12.1. The number of benzene rings is 1. The molecule has 4 aromatic rings. The molecule has 0 unspecified atom stereocenters. The van der Waals surface area contributed by atoms with Crippen molar-refractivity contribution in [1.29, 1.82) is 0 Å². The van der Waals surface area contributed by atoms with E-state index < -0.39 is 11.2 Å². The summed E-state index contributed by atoms with van der Waals surface area (Å²) in [6, 6.07) is 9.50. The highest BCUT2D eigenvalue weighted by Crippen LogP contribution is 2.23. The van der Waals surface area contributed by atoms with E-state index in [1.807, 2.05) is 30.3 Å². The van der Waals surface area contributed by atoms with Gasteiger partial charge in [-0.1, -0.05) is 30.3 Å². The molecular formula is C16H16N6O3. The Bertz CT molecular complexity index is 1180. The Kier molecular flexibility index (Phi) is 3.50. The molecule has 0 aliphatic carbocycles. The number of ether oxygens (including phenoxy) is 1. The van der Waals surface area contributed by atoms with E-state index >= 15 is 0 Å². The van der Waals surface area contributed by atoms with Gasteiger partial charge in [0.2, 0.25) is 5.78 Å². The van der Waals surface area contributed by atoms with Crippen LogP contribution in [0.3, 0.4) is 0 Å². The minimum absolute atomic E-state index is 0.362. The first-order valence-electron chi connectivity index (χ1n) is 7.74. The fourth-order valence-corrected chi connectivity index (χ4v) is 3.01. The smallest absolute Gasteiger partial charge is 0.329 e. The standard InChI is InChI=1S/C16H16N6O3/c1-20-14-11(13(23)17-16(20)24)21(8-9-25-2)15-19-18-12(22(14)15)10-6-4-3-5-7-10/h3-7H,8-9H2,1-2H3,(H,17,23,24). The molecule has 0 bridgehead atoms. The molecule has 9 nitrogen and oxygen atoms in total. The first kappa shape index (κ1) is 15.3. The Labute approximate surface area is 141 Å². The second-order valence-electron chi connectivity index (χ2n) is 5.66. The average Bonchev–Trinajstić information content (AvgIpc) is 3.17. The molecule has 0 radical (unpaired) electrons. The number of imidazole rings is 1. The van der Waals surface area contributed by atoms with Crippen LogP contribution in [0.25, 0.3) is 28.3 Å². The molecule has 1 N–H and O–H groups in total. The van der Waals surface area contributed by atoms with Gasteiger partial charge >= 0.3 is 5.69 Å². The first-order valence-corrected chi connectivity index (χ1v) is 7.74. The number of nitrogens with one attached hydrogen (secondary N) is 1. The molecule has 0 atom stereocenters. The van der Waals surface area contributed by atoms with Crippen molar-refractivity contribution >= 4 is 16.9 Å². The van der Waals surface area contributed by atoms with Crippen LogP contribution in [-0.2, 0) is 18.3 Å². The quantitative estimate of drug-likeness (QED) is 0.579. The lowest BCUT2D eigenvalue weighted by Gasteiger charge is -2.04. The number of aromatic amines is 1. The summed E-state index contributed by atoms with van der Waals surface area (Å²) in [7, 11) is 3.19. The number of nitrogens with zero attached hydrogens (tertiary/aromatic N) is 5. The molecule has 0 aliphatic rings. The second kappa shape index (κ2) is 5.71. The van der Waals surface area contributed by atoms with Crippen molar-refractivity contribution in [3.05, 3.63) is 51.2 Å². The van der Waals surface area contributed by atoms with Crippen LogP contribution < -0.4 is 11.2 Å². The molecule has 0 spiro atoms. The van der Waals surface area contributed by atoms with E-state index in [1.165, 1.54) is 4.57 Å². The topological polar surface area (TPSA) is 99.2 Å². The van der Waals surface area contributed by atoms with Gasteiger partial charge in [-0.15, -0.1) is 10.2 Å². The maximum atomic E-state index is 12.5. The van der Waals surface area contributed by atoms with Crippen LogP contribution in [0.1, 0.15) is 0 Å². The summed E-state index contributed by atoms with van der Waals surface area (Å²) in [6.45, 7) is 0.812. The van der Waals surface area contributed by atoms with Crippen LogP contribution in [0.4, 0.5) is 0 Å². The molecule has 4 rings (SSSR count). The lowest BCUT2D eigenvalue weighted by Crippen LogP contribution is -2.29. The van der Waals surface area contributed by atoms with Gasteiger partial charge in [0.1, 0.15) is 0 Å². The molecule has 0 saturated carbocycles. The van der Waals surface area contributed by atoms with Crippen LogP contribution in [0, 0.1) is 0 Å². The summed E-state index contributed by atoms with van der Waals surface area (Å²) in [5.41, 5.74) is 0.702. The van der Waals surface area contributed by atoms with E-state index in [0.29, 0.717) is 35.9 Å². The van der Waals surface area contributed by atoms with Crippen molar-refractivity contribution in [2.24, 2.45) is 7.05 Å². The highest BCUT2D eigenvalue weighted by Gasteiger charge is 2.22. The Morgan fingerprint density at radius 1 is 1.16 bits per heavy atom. The Balaban J connectivity index is 2.18. The van der Waals surface area contributed by atoms with Gasteiger partial charge in [-0.05, 0) is 0 Å². The second-order valence-corrected chi connectivity index (χ2v) is 5.66. The number of H-pyrrole nitrogens is 1. The summed E-state index contributed by atoms with van der Waals surface area (Å²) in [4.78, 5) is 26.9. The lowest BCUT2D eigenvalue weighted by atomic mass is 10.2. The van der Waals surface area contributed by atoms with Crippen LogP contribution in [-0.4, -0.2) is 42.4 Å². The number of methoxy groups -OCH3 is 1. The SMILES string of the molecule is COCCn1c2c(=O)[nH]c(=O)n(C)c2n2c(-c3ccccc3)nnc12. The third-order valence-electron chi connectivity index (χ3n) is 4.19. The molecule has 3 heterocycles. The maximum absolute atomic E-state index is 12.5. The highest BCUT2D eigenvalue weighted by molar-refractivity contribution is 5.79. The molecule has 0 saturated heterocycles. The van der Waals surface area contributed by atoms with Gasteiger partial charge in [0.25, 0.3) is 5.56 Å². The lowest BCUT2D eigenvalue weighted by molar-refractivity contribution is 0.189. The number of aromatic nitrogens is 6. The number of aryl methyl sites for hydroxylation is 1. The minimum atomic E-state index is -0.490. The summed E-state index contributed by atoms with van der Waals surface area (Å²) in [5.74, 6) is 1.05. The summed E-state index contributed by atoms with van der Waals surface area (Å²) < 4.78 is 9.98. The molecule has 1 aromatic carbocycles. The summed E-state index contributed by atoms with van der Waals surface area (Å²) in [6.07, 6.45) is 0. The van der Waals surface area contributed by atoms with Gasteiger partial charge in [0.15, 0.2) is 17.0 Å². The largest absolute Gasteiger partial charge is 0.383 e. The maximum Gasteiger partial charge on any atom is 0.329 e. The third kappa shape index (κ3) is 2.20. The number of rotatable bonds is 4. The molecule has 3 aromatic heterocycles.